The summed E-state index contributed by atoms with van der Waals surface area (Å²) >= 11 is 12.5. The predicted octanol–water partition coefficient (Wildman–Crippen LogP) is 6.42. The van der Waals surface area contributed by atoms with Crippen molar-refractivity contribution in [3.63, 3.8) is 0 Å². The first-order valence-corrected chi connectivity index (χ1v) is 9.32. The normalized spacial score (nSPS) is 12.0. The molecular weight excluding hydrogens is 365 g/mol. The Bertz CT molecular complexity index is 832. The maximum absolute atomic E-state index is 6.23. The van der Waals surface area contributed by atoms with E-state index in [2.05, 4.69) is 42.6 Å². The highest BCUT2D eigenvalue weighted by atomic mass is 35.5. The van der Waals surface area contributed by atoms with Gasteiger partial charge >= 0.3 is 0 Å². The molecule has 0 radical (unpaired) electrons. The van der Waals surface area contributed by atoms with E-state index in [4.69, 9.17) is 27.9 Å². The number of ether oxygens (including phenoxy) is 1. The number of nitrogens with one attached hydrogen (secondary N) is 1. The zero-order valence-corrected chi connectivity index (χ0v) is 16.1. The zero-order chi connectivity index (χ0) is 18.4. The Balaban J connectivity index is 1.66. The van der Waals surface area contributed by atoms with Crippen molar-refractivity contribution < 1.29 is 4.74 Å². The molecule has 3 rings (SSSR count). The number of hydrogen-bond acceptors (Lipinski definition) is 2. The summed E-state index contributed by atoms with van der Waals surface area (Å²) < 4.78 is 6.01. The van der Waals surface area contributed by atoms with Crippen LogP contribution < -0.4 is 10.1 Å². The summed E-state index contributed by atoms with van der Waals surface area (Å²) in [7, 11) is 0. The monoisotopic (exact) mass is 385 g/mol. The van der Waals surface area contributed by atoms with Gasteiger partial charge in [0.2, 0.25) is 0 Å². The van der Waals surface area contributed by atoms with E-state index in [0.717, 1.165) is 16.9 Å². The number of rotatable bonds is 7. The molecule has 0 amide bonds. The van der Waals surface area contributed by atoms with Gasteiger partial charge in [-0.2, -0.15) is 0 Å². The topological polar surface area (TPSA) is 21.3 Å². The van der Waals surface area contributed by atoms with Crippen LogP contribution in [0, 0.1) is 0 Å². The predicted molar refractivity (Wildman–Crippen MR) is 109 cm³/mol. The second-order valence-electron chi connectivity index (χ2n) is 6.11. The molecule has 0 aliphatic heterocycles. The van der Waals surface area contributed by atoms with Crippen LogP contribution in [0.25, 0.3) is 0 Å². The molecule has 0 fully saturated rings. The first-order chi connectivity index (χ1) is 12.6. The standard InChI is InChI=1S/C22H21Cl2NO/c1-16(17-8-3-2-4-9-17)25-14-18-10-5-6-13-22(18)26-15-19-20(23)11-7-12-21(19)24/h2-13,16,25H,14-15H2,1H3. The molecule has 2 nitrogen and oxygen atoms in total. The average molecular weight is 386 g/mol. The summed E-state index contributed by atoms with van der Waals surface area (Å²) in [6.07, 6.45) is 0. The summed E-state index contributed by atoms with van der Waals surface area (Å²) in [6, 6.07) is 24.1. The number of para-hydroxylation sites is 1. The third-order valence-electron chi connectivity index (χ3n) is 4.30. The van der Waals surface area contributed by atoms with Crippen LogP contribution >= 0.6 is 23.2 Å². The summed E-state index contributed by atoms with van der Waals surface area (Å²) in [5, 5.41) is 4.78. The largest absolute Gasteiger partial charge is 0.488 e. The van der Waals surface area contributed by atoms with Crippen molar-refractivity contribution in [3.05, 3.63) is 99.5 Å². The Morgan fingerprint density at radius 1 is 0.846 bits per heavy atom. The molecule has 0 spiro atoms. The summed E-state index contributed by atoms with van der Waals surface area (Å²) in [6.45, 7) is 3.20. The van der Waals surface area contributed by atoms with Gasteiger partial charge in [0.25, 0.3) is 0 Å². The average Bonchev–Trinajstić information content (AvgIpc) is 2.67. The summed E-state index contributed by atoms with van der Waals surface area (Å²) in [5.41, 5.74) is 3.16. The molecule has 0 saturated heterocycles. The van der Waals surface area contributed by atoms with Crippen LogP contribution in [0.15, 0.2) is 72.8 Å². The van der Waals surface area contributed by atoms with Crippen LogP contribution in [0.2, 0.25) is 10.0 Å². The minimum Gasteiger partial charge on any atom is -0.488 e. The van der Waals surface area contributed by atoms with Gasteiger partial charge in [-0.25, -0.2) is 0 Å². The molecule has 0 aliphatic rings. The number of hydrogen-bond donors (Lipinski definition) is 1. The molecule has 3 aromatic carbocycles. The van der Waals surface area contributed by atoms with Crippen molar-refractivity contribution in [3.8, 4) is 5.75 Å². The molecule has 3 aromatic rings. The molecule has 26 heavy (non-hydrogen) atoms. The highest BCUT2D eigenvalue weighted by Gasteiger charge is 2.10. The number of benzene rings is 3. The first kappa shape index (κ1) is 18.8. The van der Waals surface area contributed by atoms with Gasteiger partial charge in [-0.05, 0) is 30.7 Å². The smallest absolute Gasteiger partial charge is 0.124 e. The SMILES string of the molecule is CC(NCc1ccccc1OCc1c(Cl)cccc1Cl)c1ccccc1. The second kappa shape index (κ2) is 9.09. The van der Waals surface area contributed by atoms with Crippen LogP contribution in [0.5, 0.6) is 5.75 Å². The molecular formula is C22H21Cl2NO. The molecule has 4 heteroatoms. The molecule has 0 aromatic heterocycles. The molecule has 1 unspecified atom stereocenters. The molecule has 0 heterocycles. The Morgan fingerprint density at radius 3 is 2.23 bits per heavy atom. The number of halogens is 2. The fraction of sp³-hybridized carbons (Fsp3) is 0.182. The molecule has 0 bridgehead atoms. The van der Waals surface area contributed by atoms with Gasteiger partial charge in [0, 0.05) is 33.8 Å². The Morgan fingerprint density at radius 2 is 1.50 bits per heavy atom. The molecule has 0 saturated carbocycles. The third kappa shape index (κ3) is 4.79. The van der Waals surface area contributed by atoms with Crippen molar-refractivity contribution in [1.29, 1.82) is 0 Å². The van der Waals surface area contributed by atoms with Gasteiger partial charge in [0.05, 0.1) is 0 Å². The fourth-order valence-corrected chi connectivity index (χ4v) is 3.24. The lowest BCUT2D eigenvalue weighted by molar-refractivity contribution is 0.302. The lowest BCUT2D eigenvalue weighted by atomic mass is 10.1. The van der Waals surface area contributed by atoms with Crippen LogP contribution in [0.1, 0.15) is 29.7 Å². The molecule has 1 N–H and O–H groups in total. The van der Waals surface area contributed by atoms with Crippen molar-refractivity contribution in [2.75, 3.05) is 0 Å². The van der Waals surface area contributed by atoms with Gasteiger partial charge < -0.3 is 10.1 Å². The highest BCUT2D eigenvalue weighted by Crippen LogP contribution is 2.27. The quantitative estimate of drug-likeness (QED) is 0.506. The van der Waals surface area contributed by atoms with E-state index in [1.165, 1.54) is 5.56 Å². The lowest BCUT2D eigenvalue weighted by Crippen LogP contribution is -2.18. The van der Waals surface area contributed by atoms with Crippen LogP contribution in [-0.4, -0.2) is 0 Å². The van der Waals surface area contributed by atoms with E-state index in [9.17, 15) is 0 Å². The van der Waals surface area contributed by atoms with Crippen LogP contribution in [0.4, 0.5) is 0 Å². The molecule has 1 atom stereocenters. The van der Waals surface area contributed by atoms with Crippen LogP contribution in [0.3, 0.4) is 0 Å². The summed E-state index contributed by atoms with van der Waals surface area (Å²) in [5.74, 6) is 0.830. The van der Waals surface area contributed by atoms with E-state index >= 15 is 0 Å². The maximum atomic E-state index is 6.23. The Kier molecular flexibility index (Phi) is 6.56. The maximum Gasteiger partial charge on any atom is 0.124 e. The van der Waals surface area contributed by atoms with E-state index in [1.807, 2.05) is 42.5 Å². The molecule has 0 aliphatic carbocycles. The molecule has 134 valence electrons. The van der Waals surface area contributed by atoms with Gasteiger partial charge in [-0.1, -0.05) is 77.8 Å². The Hall–Kier alpha value is -2.00. The van der Waals surface area contributed by atoms with Crippen molar-refractivity contribution >= 4 is 23.2 Å². The summed E-state index contributed by atoms with van der Waals surface area (Å²) in [4.78, 5) is 0. The van der Waals surface area contributed by atoms with Crippen molar-refractivity contribution in [1.82, 2.24) is 5.32 Å². The third-order valence-corrected chi connectivity index (χ3v) is 5.01. The Labute approximate surface area is 164 Å². The first-order valence-electron chi connectivity index (χ1n) is 8.57. The zero-order valence-electron chi connectivity index (χ0n) is 14.6. The van der Waals surface area contributed by atoms with E-state index in [1.54, 1.807) is 0 Å². The van der Waals surface area contributed by atoms with Crippen LogP contribution in [-0.2, 0) is 13.2 Å². The van der Waals surface area contributed by atoms with Gasteiger partial charge in [-0.15, -0.1) is 0 Å². The minimum absolute atomic E-state index is 0.252. The van der Waals surface area contributed by atoms with Crippen molar-refractivity contribution in [2.24, 2.45) is 0 Å². The van der Waals surface area contributed by atoms with E-state index in [-0.39, 0.29) is 6.04 Å². The lowest BCUT2D eigenvalue weighted by Gasteiger charge is -2.17. The van der Waals surface area contributed by atoms with Gasteiger partial charge in [0.1, 0.15) is 12.4 Å². The van der Waals surface area contributed by atoms with E-state index in [0.29, 0.717) is 23.2 Å². The van der Waals surface area contributed by atoms with Crippen molar-refractivity contribution in [2.45, 2.75) is 26.1 Å². The highest BCUT2D eigenvalue weighted by molar-refractivity contribution is 6.35. The van der Waals surface area contributed by atoms with Gasteiger partial charge in [-0.3, -0.25) is 0 Å². The fourth-order valence-electron chi connectivity index (χ4n) is 2.73. The van der Waals surface area contributed by atoms with Gasteiger partial charge in [0.15, 0.2) is 0 Å². The van der Waals surface area contributed by atoms with E-state index < -0.39 is 0 Å². The second-order valence-corrected chi connectivity index (χ2v) is 6.92. The minimum atomic E-state index is 0.252.